The number of carbonyl (C=O) groups excluding carboxylic acids is 1. The summed E-state index contributed by atoms with van der Waals surface area (Å²) >= 11 is 0.415. The molecule has 0 bridgehead atoms. The van der Waals surface area contributed by atoms with Crippen LogP contribution in [0.4, 0.5) is 14.5 Å². The Balaban J connectivity index is 2.18. The van der Waals surface area contributed by atoms with Crippen molar-refractivity contribution in [3.05, 3.63) is 54.1 Å². The Labute approximate surface area is 161 Å². The number of hydrogen-bond donors (Lipinski definition) is 1. The molecule has 0 radical (unpaired) electrons. The van der Waals surface area contributed by atoms with Crippen LogP contribution in [0.25, 0.3) is 0 Å². The molecule has 0 fully saturated rings. The van der Waals surface area contributed by atoms with Crippen LogP contribution in [-0.2, 0) is 10.0 Å². The number of anilines is 1. The Hall–Kier alpha value is -1.97. The van der Waals surface area contributed by atoms with Gasteiger partial charge in [-0.1, -0.05) is 17.8 Å². The molecule has 0 aliphatic carbocycles. The van der Waals surface area contributed by atoms with Gasteiger partial charge in [-0.25, -0.2) is 8.42 Å². The SMILES string of the molecule is CC(C)N(C)S(=O)(=O)c1cccc(C(=O)Nc2ccc(SC(F)F)cc2)c1. The van der Waals surface area contributed by atoms with Gasteiger partial charge in [0.05, 0.1) is 4.90 Å². The third kappa shape index (κ3) is 5.50. The van der Waals surface area contributed by atoms with Crippen molar-refractivity contribution in [2.75, 3.05) is 12.4 Å². The Kier molecular flexibility index (Phi) is 6.96. The van der Waals surface area contributed by atoms with E-state index in [-0.39, 0.29) is 16.5 Å². The average Bonchev–Trinajstić information content (AvgIpc) is 2.62. The molecule has 27 heavy (non-hydrogen) atoms. The molecule has 0 saturated heterocycles. The second-order valence-electron chi connectivity index (χ2n) is 6.00. The molecule has 0 unspecified atom stereocenters. The van der Waals surface area contributed by atoms with Crippen LogP contribution in [0.5, 0.6) is 0 Å². The second-order valence-corrected chi connectivity index (χ2v) is 9.06. The second kappa shape index (κ2) is 8.81. The topological polar surface area (TPSA) is 66.5 Å². The first kappa shape index (κ1) is 21.3. The minimum Gasteiger partial charge on any atom is -0.322 e. The van der Waals surface area contributed by atoms with Crippen LogP contribution >= 0.6 is 11.8 Å². The summed E-state index contributed by atoms with van der Waals surface area (Å²) in [5.74, 6) is -3.01. The number of hydrogen-bond acceptors (Lipinski definition) is 4. The Morgan fingerprint density at radius 2 is 1.74 bits per heavy atom. The van der Waals surface area contributed by atoms with Gasteiger partial charge in [0.15, 0.2) is 0 Å². The number of halogens is 2. The third-order valence-electron chi connectivity index (χ3n) is 3.84. The van der Waals surface area contributed by atoms with Crippen molar-refractivity contribution < 1.29 is 22.0 Å². The number of amides is 1. The molecule has 2 aromatic rings. The van der Waals surface area contributed by atoms with Gasteiger partial charge in [-0.05, 0) is 56.3 Å². The van der Waals surface area contributed by atoms with E-state index >= 15 is 0 Å². The summed E-state index contributed by atoms with van der Waals surface area (Å²) < 4.78 is 51.0. The zero-order valence-corrected chi connectivity index (χ0v) is 16.7. The average molecular weight is 414 g/mol. The summed E-state index contributed by atoms with van der Waals surface area (Å²) in [6.45, 7) is 3.51. The first-order valence-corrected chi connectivity index (χ1v) is 10.4. The maximum absolute atomic E-state index is 12.6. The lowest BCUT2D eigenvalue weighted by molar-refractivity contribution is 0.102. The van der Waals surface area contributed by atoms with Crippen LogP contribution in [0.15, 0.2) is 58.3 Å². The Bertz CT molecular complexity index is 901. The number of nitrogens with zero attached hydrogens (tertiary/aromatic N) is 1. The van der Waals surface area contributed by atoms with Crippen molar-refractivity contribution in [3.8, 4) is 0 Å². The number of rotatable bonds is 7. The molecular weight excluding hydrogens is 394 g/mol. The standard InChI is InChI=1S/C18H20F2N2O3S2/c1-12(2)22(3)27(24,25)16-6-4-5-13(11-16)17(23)21-14-7-9-15(10-8-14)26-18(19)20/h4-12,18H,1-3H3,(H,21,23). The number of nitrogens with one attached hydrogen (secondary N) is 1. The van der Waals surface area contributed by atoms with E-state index in [0.717, 1.165) is 0 Å². The van der Waals surface area contributed by atoms with Gasteiger partial charge >= 0.3 is 0 Å². The van der Waals surface area contributed by atoms with E-state index in [1.54, 1.807) is 13.8 Å². The third-order valence-corrected chi connectivity index (χ3v) is 6.59. The summed E-state index contributed by atoms with van der Waals surface area (Å²) in [5, 5.41) is 2.63. The molecule has 2 rings (SSSR count). The molecule has 0 heterocycles. The predicted molar refractivity (Wildman–Crippen MR) is 103 cm³/mol. The molecule has 0 saturated carbocycles. The van der Waals surface area contributed by atoms with Crippen molar-refractivity contribution in [2.24, 2.45) is 0 Å². The molecule has 1 amide bonds. The van der Waals surface area contributed by atoms with Crippen LogP contribution in [0, 0.1) is 0 Å². The lowest BCUT2D eigenvalue weighted by Crippen LogP contribution is -2.33. The van der Waals surface area contributed by atoms with E-state index in [0.29, 0.717) is 22.3 Å². The van der Waals surface area contributed by atoms with Crippen molar-refractivity contribution in [1.82, 2.24) is 4.31 Å². The number of carbonyl (C=O) groups is 1. The summed E-state index contributed by atoms with van der Waals surface area (Å²) in [6.07, 6.45) is 0. The van der Waals surface area contributed by atoms with E-state index in [9.17, 15) is 22.0 Å². The zero-order chi connectivity index (χ0) is 20.2. The highest BCUT2D eigenvalue weighted by Gasteiger charge is 2.24. The molecule has 146 valence electrons. The van der Waals surface area contributed by atoms with Gasteiger partial charge in [-0.2, -0.15) is 13.1 Å². The fourth-order valence-electron chi connectivity index (χ4n) is 2.16. The molecule has 9 heteroatoms. The van der Waals surface area contributed by atoms with Crippen molar-refractivity contribution in [1.29, 1.82) is 0 Å². The molecule has 0 spiro atoms. The zero-order valence-electron chi connectivity index (χ0n) is 15.0. The largest absolute Gasteiger partial charge is 0.322 e. The van der Waals surface area contributed by atoms with Gasteiger partial charge in [0.1, 0.15) is 0 Å². The lowest BCUT2D eigenvalue weighted by atomic mass is 10.2. The van der Waals surface area contributed by atoms with E-state index in [1.807, 2.05) is 0 Å². The van der Waals surface area contributed by atoms with Crippen LogP contribution in [0.1, 0.15) is 24.2 Å². The quantitative estimate of drug-likeness (QED) is 0.687. The molecular formula is C18H20F2N2O3S2. The molecule has 0 aromatic heterocycles. The van der Waals surface area contributed by atoms with Gasteiger partial charge in [-0.15, -0.1) is 0 Å². The van der Waals surface area contributed by atoms with Gasteiger partial charge in [0, 0.05) is 29.2 Å². The fraction of sp³-hybridized carbons (Fsp3) is 0.278. The monoisotopic (exact) mass is 414 g/mol. The van der Waals surface area contributed by atoms with Crippen molar-refractivity contribution >= 4 is 33.4 Å². The molecule has 0 atom stereocenters. The highest BCUT2D eigenvalue weighted by atomic mass is 32.2. The first-order valence-electron chi connectivity index (χ1n) is 8.05. The van der Waals surface area contributed by atoms with E-state index in [4.69, 9.17) is 0 Å². The van der Waals surface area contributed by atoms with Gasteiger partial charge in [-0.3, -0.25) is 4.79 Å². The van der Waals surface area contributed by atoms with Crippen molar-refractivity contribution in [3.63, 3.8) is 0 Å². The smallest absolute Gasteiger partial charge is 0.288 e. The summed E-state index contributed by atoms with van der Waals surface area (Å²) in [7, 11) is -2.23. The van der Waals surface area contributed by atoms with E-state index < -0.39 is 21.7 Å². The van der Waals surface area contributed by atoms with Crippen LogP contribution in [-0.4, -0.2) is 37.5 Å². The van der Waals surface area contributed by atoms with Crippen LogP contribution in [0.3, 0.4) is 0 Å². The fourth-order valence-corrected chi connectivity index (χ4v) is 4.08. The number of alkyl halides is 2. The minimum absolute atomic E-state index is 0.0232. The maximum atomic E-state index is 12.6. The number of sulfonamides is 1. The normalized spacial score (nSPS) is 12.0. The molecule has 1 N–H and O–H groups in total. The molecule has 5 nitrogen and oxygen atoms in total. The van der Waals surface area contributed by atoms with Gasteiger partial charge in [0.25, 0.3) is 11.7 Å². The highest BCUT2D eigenvalue weighted by Crippen LogP contribution is 2.26. The van der Waals surface area contributed by atoms with Crippen LogP contribution < -0.4 is 5.32 Å². The summed E-state index contributed by atoms with van der Waals surface area (Å²) in [6, 6.07) is 11.5. The van der Waals surface area contributed by atoms with Gasteiger partial charge < -0.3 is 5.32 Å². The molecule has 0 aliphatic rings. The van der Waals surface area contributed by atoms with E-state index in [2.05, 4.69) is 5.32 Å². The number of thioether (sulfide) groups is 1. The highest BCUT2D eigenvalue weighted by molar-refractivity contribution is 7.99. The Morgan fingerprint density at radius 3 is 2.30 bits per heavy atom. The lowest BCUT2D eigenvalue weighted by Gasteiger charge is -2.21. The molecule has 0 aliphatic heterocycles. The first-order chi connectivity index (χ1) is 12.6. The van der Waals surface area contributed by atoms with Crippen LogP contribution in [0.2, 0.25) is 0 Å². The summed E-state index contributed by atoms with van der Waals surface area (Å²) in [5.41, 5.74) is 0.602. The maximum Gasteiger partial charge on any atom is 0.288 e. The minimum atomic E-state index is -3.70. The Morgan fingerprint density at radius 1 is 1.11 bits per heavy atom. The predicted octanol–water partition coefficient (Wildman–Crippen LogP) is 4.28. The van der Waals surface area contributed by atoms with Gasteiger partial charge in [0.2, 0.25) is 10.0 Å². The summed E-state index contributed by atoms with van der Waals surface area (Å²) in [4.78, 5) is 12.8. The number of benzene rings is 2. The van der Waals surface area contributed by atoms with Crippen molar-refractivity contribution in [2.45, 2.75) is 35.4 Å². The van der Waals surface area contributed by atoms with E-state index in [1.165, 1.54) is 59.9 Å². The molecule has 2 aromatic carbocycles.